The zero-order valence-corrected chi connectivity index (χ0v) is 12.0. The number of nitrogens with zero attached hydrogens (tertiary/aromatic N) is 3. The van der Waals surface area contributed by atoms with E-state index in [9.17, 15) is 0 Å². The maximum Gasteiger partial charge on any atom is 0.223 e. The van der Waals surface area contributed by atoms with Crippen molar-refractivity contribution in [3.8, 4) is 0 Å². The molecule has 6 heteroatoms. The summed E-state index contributed by atoms with van der Waals surface area (Å²) in [7, 11) is 1.82. The van der Waals surface area contributed by atoms with Gasteiger partial charge in [-0.1, -0.05) is 0 Å². The summed E-state index contributed by atoms with van der Waals surface area (Å²) < 4.78 is 0. The van der Waals surface area contributed by atoms with Gasteiger partial charge < -0.3 is 21.3 Å². The van der Waals surface area contributed by atoms with E-state index in [0.29, 0.717) is 17.9 Å². The molecule has 1 aliphatic heterocycles. The molecule has 1 atom stereocenters. The second-order valence-electron chi connectivity index (χ2n) is 5.37. The molecular weight excluding hydrogens is 240 g/mol. The Morgan fingerprint density at radius 1 is 1.42 bits per heavy atom. The van der Waals surface area contributed by atoms with E-state index in [4.69, 9.17) is 5.73 Å². The minimum atomic E-state index is 0.296. The van der Waals surface area contributed by atoms with Crippen molar-refractivity contribution in [1.82, 2.24) is 14.9 Å². The van der Waals surface area contributed by atoms with E-state index >= 15 is 0 Å². The number of nitrogens with one attached hydrogen (secondary N) is 2. The van der Waals surface area contributed by atoms with E-state index in [1.807, 2.05) is 13.1 Å². The molecule has 2 rings (SSSR count). The predicted molar refractivity (Wildman–Crippen MR) is 79.3 cm³/mol. The first kappa shape index (κ1) is 13.9. The summed E-state index contributed by atoms with van der Waals surface area (Å²) in [5.41, 5.74) is 5.67. The topological polar surface area (TPSA) is 79.1 Å². The molecule has 0 amide bonds. The Bertz CT molecular complexity index is 420. The molecule has 1 aliphatic rings. The molecule has 0 bridgehead atoms. The summed E-state index contributed by atoms with van der Waals surface area (Å²) in [6.07, 6.45) is 1.24. The van der Waals surface area contributed by atoms with Gasteiger partial charge in [0.1, 0.15) is 11.6 Å². The van der Waals surface area contributed by atoms with Crippen molar-refractivity contribution >= 4 is 17.6 Å². The highest BCUT2D eigenvalue weighted by Crippen LogP contribution is 2.19. The van der Waals surface area contributed by atoms with Crippen LogP contribution in [0.2, 0.25) is 0 Å². The zero-order chi connectivity index (χ0) is 13.8. The van der Waals surface area contributed by atoms with E-state index in [1.54, 1.807) is 0 Å². The fourth-order valence-electron chi connectivity index (χ4n) is 2.43. The van der Waals surface area contributed by atoms with Gasteiger partial charge in [0.25, 0.3) is 0 Å². The normalized spacial score (nSPS) is 19.9. The fraction of sp³-hybridized carbons (Fsp3) is 0.692. The summed E-state index contributed by atoms with van der Waals surface area (Å²) in [5.74, 6) is 2.51. The second-order valence-corrected chi connectivity index (χ2v) is 5.37. The highest BCUT2D eigenvalue weighted by atomic mass is 15.2. The largest absolute Gasteiger partial charge is 0.373 e. The summed E-state index contributed by atoms with van der Waals surface area (Å²) in [5, 5.41) is 6.34. The minimum absolute atomic E-state index is 0.296. The summed E-state index contributed by atoms with van der Waals surface area (Å²) in [4.78, 5) is 10.8. The molecule has 1 unspecified atom stereocenters. The molecule has 0 aliphatic carbocycles. The molecule has 1 saturated heterocycles. The van der Waals surface area contributed by atoms with E-state index < -0.39 is 0 Å². The summed E-state index contributed by atoms with van der Waals surface area (Å²) in [6.45, 7) is 7.78. The van der Waals surface area contributed by atoms with Crippen molar-refractivity contribution in [2.24, 2.45) is 5.92 Å². The Morgan fingerprint density at radius 2 is 2.16 bits per heavy atom. The van der Waals surface area contributed by atoms with Crippen LogP contribution >= 0.6 is 0 Å². The third-order valence-corrected chi connectivity index (χ3v) is 3.62. The van der Waals surface area contributed by atoms with Crippen molar-refractivity contribution in [1.29, 1.82) is 0 Å². The second kappa shape index (κ2) is 6.06. The van der Waals surface area contributed by atoms with Crippen molar-refractivity contribution in [3.05, 3.63) is 6.07 Å². The number of likely N-dealkylation sites (tertiary alicyclic amines) is 1. The molecule has 6 nitrogen and oxygen atoms in total. The van der Waals surface area contributed by atoms with Crippen LogP contribution in [0.5, 0.6) is 0 Å². The molecular formula is C13H24N6. The average Bonchev–Trinajstić information content (AvgIpc) is 2.84. The van der Waals surface area contributed by atoms with Gasteiger partial charge in [0.2, 0.25) is 5.95 Å². The van der Waals surface area contributed by atoms with Crippen LogP contribution in [-0.4, -0.2) is 47.6 Å². The van der Waals surface area contributed by atoms with Gasteiger partial charge in [0.15, 0.2) is 0 Å². The number of nitrogen functional groups attached to an aromatic ring is 1. The molecule has 2 heterocycles. The average molecular weight is 264 g/mol. The monoisotopic (exact) mass is 264 g/mol. The molecule has 1 fully saturated rings. The van der Waals surface area contributed by atoms with E-state index in [2.05, 4.69) is 39.3 Å². The SMILES string of the molecule is CNc1cc(NCC2CCN(C(C)C)C2)nc(N)n1. The molecule has 1 aromatic heterocycles. The molecule has 1 aromatic rings. The lowest BCUT2D eigenvalue weighted by Crippen LogP contribution is -2.29. The standard InChI is InChI=1S/C13H24N6/c1-9(2)19-5-4-10(8-19)7-16-12-6-11(15-3)17-13(14)18-12/h6,9-10H,4-5,7-8H2,1-3H3,(H4,14,15,16,17,18). The summed E-state index contributed by atoms with van der Waals surface area (Å²) >= 11 is 0. The maximum atomic E-state index is 5.67. The molecule has 0 radical (unpaired) electrons. The Morgan fingerprint density at radius 3 is 2.79 bits per heavy atom. The molecule has 4 N–H and O–H groups in total. The van der Waals surface area contributed by atoms with Crippen LogP contribution < -0.4 is 16.4 Å². The fourth-order valence-corrected chi connectivity index (χ4v) is 2.43. The zero-order valence-electron chi connectivity index (χ0n) is 12.0. The molecule has 106 valence electrons. The van der Waals surface area contributed by atoms with Crippen LogP contribution in [0.3, 0.4) is 0 Å². The number of hydrogen-bond acceptors (Lipinski definition) is 6. The Hall–Kier alpha value is -1.56. The van der Waals surface area contributed by atoms with Crippen LogP contribution in [0.25, 0.3) is 0 Å². The van der Waals surface area contributed by atoms with Gasteiger partial charge in [0, 0.05) is 32.2 Å². The van der Waals surface area contributed by atoms with Gasteiger partial charge in [-0.05, 0) is 32.7 Å². The molecule has 0 saturated carbocycles. The lowest BCUT2D eigenvalue weighted by atomic mass is 10.1. The summed E-state index contributed by atoms with van der Waals surface area (Å²) in [6, 6.07) is 2.52. The third-order valence-electron chi connectivity index (χ3n) is 3.62. The lowest BCUT2D eigenvalue weighted by Gasteiger charge is -2.20. The van der Waals surface area contributed by atoms with Gasteiger partial charge >= 0.3 is 0 Å². The van der Waals surface area contributed by atoms with Gasteiger partial charge in [-0.25, -0.2) is 0 Å². The first-order valence-corrected chi connectivity index (χ1v) is 6.88. The Labute approximate surface area is 114 Å². The van der Waals surface area contributed by atoms with Gasteiger partial charge in [-0.2, -0.15) is 9.97 Å². The predicted octanol–water partition coefficient (Wildman–Crippen LogP) is 1.24. The van der Waals surface area contributed by atoms with Crippen LogP contribution in [0.15, 0.2) is 6.07 Å². The Balaban J connectivity index is 1.87. The quantitative estimate of drug-likeness (QED) is 0.742. The van der Waals surface area contributed by atoms with Crippen LogP contribution in [0, 0.1) is 5.92 Å². The van der Waals surface area contributed by atoms with Crippen LogP contribution in [0.4, 0.5) is 17.6 Å². The van der Waals surface area contributed by atoms with E-state index in [-0.39, 0.29) is 0 Å². The van der Waals surface area contributed by atoms with Crippen LogP contribution in [0.1, 0.15) is 20.3 Å². The lowest BCUT2D eigenvalue weighted by molar-refractivity contribution is 0.266. The number of nitrogens with two attached hydrogens (primary N) is 1. The van der Waals surface area contributed by atoms with Gasteiger partial charge in [-0.15, -0.1) is 0 Å². The number of hydrogen-bond donors (Lipinski definition) is 3. The maximum absolute atomic E-state index is 5.67. The molecule has 0 aromatic carbocycles. The van der Waals surface area contributed by atoms with E-state index in [1.165, 1.54) is 13.0 Å². The number of aromatic nitrogens is 2. The van der Waals surface area contributed by atoms with E-state index in [0.717, 1.165) is 24.7 Å². The van der Waals surface area contributed by atoms with Crippen molar-refractivity contribution in [3.63, 3.8) is 0 Å². The van der Waals surface area contributed by atoms with Crippen LogP contribution in [-0.2, 0) is 0 Å². The van der Waals surface area contributed by atoms with Crippen molar-refractivity contribution in [2.45, 2.75) is 26.3 Å². The highest BCUT2D eigenvalue weighted by molar-refractivity contribution is 5.50. The smallest absolute Gasteiger partial charge is 0.223 e. The minimum Gasteiger partial charge on any atom is -0.373 e. The number of rotatable bonds is 5. The van der Waals surface area contributed by atoms with Gasteiger partial charge in [-0.3, -0.25) is 0 Å². The van der Waals surface area contributed by atoms with Crippen molar-refractivity contribution in [2.75, 3.05) is 43.0 Å². The van der Waals surface area contributed by atoms with Gasteiger partial charge in [0.05, 0.1) is 0 Å². The molecule has 0 spiro atoms. The van der Waals surface area contributed by atoms with Crippen molar-refractivity contribution < 1.29 is 0 Å². The third kappa shape index (κ3) is 3.70. The number of anilines is 3. The Kier molecular flexibility index (Phi) is 4.42. The first-order valence-electron chi connectivity index (χ1n) is 6.88. The highest BCUT2D eigenvalue weighted by Gasteiger charge is 2.23. The first-order chi connectivity index (χ1) is 9.08. The molecule has 19 heavy (non-hydrogen) atoms.